The van der Waals surface area contributed by atoms with Gasteiger partial charge < -0.3 is 15.4 Å². The largest absolute Gasteiger partial charge is 0.476 e. The summed E-state index contributed by atoms with van der Waals surface area (Å²) in [6.07, 6.45) is 1.58. The van der Waals surface area contributed by atoms with Crippen molar-refractivity contribution in [1.82, 2.24) is 9.88 Å². The molecule has 0 aromatic carbocycles. The molecule has 17 heavy (non-hydrogen) atoms. The number of pyridine rings is 1. The number of hydrogen-bond acceptors (Lipinski definition) is 4. The lowest BCUT2D eigenvalue weighted by Crippen LogP contribution is -2.28. The van der Waals surface area contributed by atoms with Crippen LogP contribution >= 0.6 is 11.6 Å². The van der Waals surface area contributed by atoms with Crippen molar-refractivity contribution in [3.05, 3.63) is 22.8 Å². The van der Waals surface area contributed by atoms with Crippen molar-refractivity contribution in [3.63, 3.8) is 0 Å². The molecule has 0 unspecified atom stereocenters. The number of likely N-dealkylation sites (N-methyl/N-ethyl adjacent to an activating group) is 1. The average molecular weight is 258 g/mol. The summed E-state index contributed by atoms with van der Waals surface area (Å²) in [5.41, 5.74) is 6.42. The highest BCUT2D eigenvalue weighted by molar-refractivity contribution is 6.31. The number of halogens is 1. The highest BCUT2D eigenvalue weighted by Crippen LogP contribution is 2.18. The number of nitrogens with zero attached hydrogens (tertiary/aromatic N) is 2. The Morgan fingerprint density at radius 3 is 2.71 bits per heavy atom. The number of ether oxygens (including phenoxy) is 1. The predicted molar refractivity (Wildman–Crippen MR) is 70.4 cm³/mol. The van der Waals surface area contributed by atoms with Gasteiger partial charge in [-0.3, -0.25) is 0 Å². The summed E-state index contributed by atoms with van der Waals surface area (Å²) in [7, 11) is 0. The molecule has 0 aliphatic carbocycles. The molecule has 1 heterocycles. The molecule has 2 N–H and O–H groups in total. The Morgan fingerprint density at radius 1 is 1.41 bits per heavy atom. The van der Waals surface area contributed by atoms with E-state index in [1.54, 1.807) is 12.3 Å². The summed E-state index contributed by atoms with van der Waals surface area (Å²) < 4.78 is 5.57. The summed E-state index contributed by atoms with van der Waals surface area (Å²) in [4.78, 5) is 6.40. The summed E-state index contributed by atoms with van der Waals surface area (Å²) in [5.74, 6) is 0.585. The minimum absolute atomic E-state index is 0.397. The van der Waals surface area contributed by atoms with Crippen LogP contribution in [0.25, 0.3) is 0 Å². The van der Waals surface area contributed by atoms with E-state index < -0.39 is 0 Å². The van der Waals surface area contributed by atoms with Gasteiger partial charge in [-0.25, -0.2) is 4.98 Å². The Bertz CT molecular complexity index is 343. The van der Waals surface area contributed by atoms with Crippen LogP contribution in [-0.4, -0.2) is 36.1 Å². The second-order valence-electron chi connectivity index (χ2n) is 3.69. The van der Waals surface area contributed by atoms with E-state index in [0.717, 1.165) is 25.2 Å². The Labute approximate surface area is 108 Å². The molecular formula is C12H20ClN3O. The summed E-state index contributed by atoms with van der Waals surface area (Å²) in [5, 5.41) is 0.587. The molecule has 1 aromatic heterocycles. The van der Waals surface area contributed by atoms with E-state index in [2.05, 4.69) is 23.7 Å². The third-order valence-corrected chi connectivity index (χ3v) is 3.02. The Balaban J connectivity index is 2.46. The van der Waals surface area contributed by atoms with Gasteiger partial charge in [0.25, 0.3) is 0 Å². The zero-order valence-electron chi connectivity index (χ0n) is 10.4. The van der Waals surface area contributed by atoms with Crippen molar-refractivity contribution in [2.75, 3.05) is 26.2 Å². The molecule has 0 atom stereocenters. The first-order valence-corrected chi connectivity index (χ1v) is 6.28. The van der Waals surface area contributed by atoms with Crippen LogP contribution in [0.2, 0.25) is 5.02 Å². The van der Waals surface area contributed by atoms with E-state index in [-0.39, 0.29) is 0 Å². The molecular weight excluding hydrogens is 238 g/mol. The first-order chi connectivity index (χ1) is 8.21. The van der Waals surface area contributed by atoms with Gasteiger partial charge >= 0.3 is 0 Å². The summed E-state index contributed by atoms with van der Waals surface area (Å²) in [6, 6.07) is 1.80. The van der Waals surface area contributed by atoms with Gasteiger partial charge in [0.2, 0.25) is 5.88 Å². The van der Waals surface area contributed by atoms with Crippen molar-refractivity contribution < 1.29 is 4.74 Å². The minimum Gasteiger partial charge on any atom is -0.476 e. The fourth-order valence-corrected chi connectivity index (χ4v) is 1.69. The van der Waals surface area contributed by atoms with Crippen molar-refractivity contribution in [3.8, 4) is 5.88 Å². The average Bonchev–Trinajstić information content (AvgIpc) is 2.36. The van der Waals surface area contributed by atoms with Crippen molar-refractivity contribution in [1.29, 1.82) is 0 Å². The zero-order valence-corrected chi connectivity index (χ0v) is 11.2. The number of hydrogen-bond donors (Lipinski definition) is 1. The molecule has 0 aliphatic rings. The van der Waals surface area contributed by atoms with Crippen LogP contribution in [0.15, 0.2) is 12.3 Å². The molecule has 5 heteroatoms. The fourth-order valence-electron chi connectivity index (χ4n) is 1.51. The molecule has 0 saturated carbocycles. The second-order valence-corrected chi connectivity index (χ2v) is 4.10. The smallest absolute Gasteiger partial charge is 0.213 e. The Morgan fingerprint density at radius 2 is 2.12 bits per heavy atom. The van der Waals surface area contributed by atoms with Gasteiger partial charge in [0, 0.05) is 25.4 Å². The van der Waals surface area contributed by atoms with Crippen LogP contribution in [0.5, 0.6) is 5.88 Å². The number of aromatic nitrogens is 1. The highest BCUT2D eigenvalue weighted by atomic mass is 35.5. The summed E-state index contributed by atoms with van der Waals surface area (Å²) in [6.45, 7) is 8.25. The highest BCUT2D eigenvalue weighted by Gasteiger charge is 2.04. The number of nitrogens with two attached hydrogens (primary N) is 1. The lowest BCUT2D eigenvalue weighted by atomic mass is 10.3. The van der Waals surface area contributed by atoms with Crippen LogP contribution < -0.4 is 10.5 Å². The van der Waals surface area contributed by atoms with Gasteiger partial charge in [-0.15, -0.1) is 0 Å². The monoisotopic (exact) mass is 257 g/mol. The van der Waals surface area contributed by atoms with E-state index in [4.69, 9.17) is 22.1 Å². The van der Waals surface area contributed by atoms with Gasteiger partial charge in [0.1, 0.15) is 6.61 Å². The van der Waals surface area contributed by atoms with Crippen molar-refractivity contribution >= 4 is 11.6 Å². The van der Waals surface area contributed by atoms with Gasteiger partial charge in [0.05, 0.1) is 5.02 Å². The van der Waals surface area contributed by atoms with E-state index in [1.807, 2.05) is 0 Å². The maximum Gasteiger partial charge on any atom is 0.213 e. The lowest BCUT2D eigenvalue weighted by molar-refractivity contribution is 0.218. The molecule has 0 aliphatic heterocycles. The molecule has 0 amide bonds. The quantitative estimate of drug-likeness (QED) is 0.811. The first kappa shape index (κ1) is 14.2. The second kappa shape index (κ2) is 7.48. The molecule has 0 fully saturated rings. The van der Waals surface area contributed by atoms with Crippen molar-refractivity contribution in [2.45, 2.75) is 20.4 Å². The molecule has 96 valence electrons. The maximum atomic E-state index is 5.92. The van der Waals surface area contributed by atoms with E-state index in [1.165, 1.54) is 0 Å². The van der Waals surface area contributed by atoms with Gasteiger partial charge in [-0.05, 0) is 18.7 Å². The third kappa shape index (κ3) is 4.50. The predicted octanol–water partition coefficient (Wildman–Crippen LogP) is 1.91. The van der Waals surface area contributed by atoms with Crippen LogP contribution in [0.4, 0.5) is 0 Å². The molecule has 1 rings (SSSR count). The van der Waals surface area contributed by atoms with Crippen molar-refractivity contribution in [2.24, 2.45) is 5.73 Å². The Kier molecular flexibility index (Phi) is 6.26. The molecule has 4 nitrogen and oxygen atoms in total. The van der Waals surface area contributed by atoms with E-state index in [9.17, 15) is 0 Å². The standard InChI is InChI=1S/C12H20ClN3O/c1-3-16(4-2)5-6-17-12-7-10(8-14)11(13)9-15-12/h7,9H,3-6,8,14H2,1-2H3. The molecule has 0 bridgehead atoms. The van der Waals surface area contributed by atoms with Gasteiger partial charge in [-0.1, -0.05) is 25.4 Å². The van der Waals surface area contributed by atoms with Crippen LogP contribution in [0.1, 0.15) is 19.4 Å². The third-order valence-electron chi connectivity index (χ3n) is 2.68. The molecule has 0 saturated heterocycles. The van der Waals surface area contributed by atoms with E-state index in [0.29, 0.717) is 24.1 Å². The van der Waals surface area contributed by atoms with Gasteiger partial charge in [-0.2, -0.15) is 0 Å². The summed E-state index contributed by atoms with van der Waals surface area (Å²) >= 11 is 5.92. The van der Waals surface area contributed by atoms with Crippen LogP contribution in [0.3, 0.4) is 0 Å². The molecule has 0 radical (unpaired) electrons. The van der Waals surface area contributed by atoms with Crippen LogP contribution in [0, 0.1) is 0 Å². The SMILES string of the molecule is CCN(CC)CCOc1cc(CN)c(Cl)cn1. The lowest BCUT2D eigenvalue weighted by Gasteiger charge is -2.17. The molecule has 1 aromatic rings. The Hall–Kier alpha value is -0.840. The zero-order chi connectivity index (χ0) is 12.7. The molecule has 0 spiro atoms. The first-order valence-electron chi connectivity index (χ1n) is 5.90. The fraction of sp³-hybridized carbons (Fsp3) is 0.583. The van der Waals surface area contributed by atoms with Crippen LogP contribution in [-0.2, 0) is 6.54 Å². The topological polar surface area (TPSA) is 51.4 Å². The normalized spacial score (nSPS) is 10.9. The van der Waals surface area contributed by atoms with E-state index >= 15 is 0 Å². The van der Waals surface area contributed by atoms with Gasteiger partial charge in [0.15, 0.2) is 0 Å². The maximum absolute atomic E-state index is 5.92. The minimum atomic E-state index is 0.397. The number of rotatable bonds is 7.